The average Bonchev–Trinajstić information content (AvgIpc) is 3.35. The zero-order valence-corrected chi connectivity index (χ0v) is 40.4. The van der Waals surface area contributed by atoms with E-state index in [9.17, 15) is 29.2 Å². The van der Waals surface area contributed by atoms with Gasteiger partial charge in [-0.25, -0.2) is 4.98 Å². The molecule has 9 rings (SSSR count). The van der Waals surface area contributed by atoms with Gasteiger partial charge < -0.3 is 24.8 Å². The van der Waals surface area contributed by atoms with Crippen molar-refractivity contribution in [3.8, 4) is 23.7 Å². The first-order valence-electron chi connectivity index (χ1n) is 24.2. The van der Waals surface area contributed by atoms with Crippen LogP contribution >= 0.6 is 11.6 Å². The fraction of sp³-hybridized carbons (Fsp3) is 0.519. The van der Waals surface area contributed by atoms with Gasteiger partial charge in [-0.1, -0.05) is 50.4 Å². The number of likely N-dealkylation sites (tertiary alicyclic amines) is 2. The van der Waals surface area contributed by atoms with Gasteiger partial charge >= 0.3 is 0 Å². The lowest BCUT2D eigenvalue weighted by Crippen LogP contribution is -2.74. The van der Waals surface area contributed by atoms with Crippen LogP contribution in [0.3, 0.4) is 0 Å². The van der Waals surface area contributed by atoms with Crippen LogP contribution < -0.4 is 25.8 Å². The molecular weight excluding hydrogens is 896 g/mol. The number of imide groups is 1. The van der Waals surface area contributed by atoms with E-state index in [4.69, 9.17) is 16.3 Å². The Morgan fingerprint density at radius 1 is 0.899 bits per heavy atom. The molecule has 2 N–H and O–H groups in total. The van der Waals surface area contributed by atoms with Crippen molar-refractivity contribution in [3.63, 3.8) is 0 Å². The lowest BCUT2D eigenvalue weighted by atomic mass is 9.49. The number of benzene rings is 2. The monoisotopic (exact) mass is 954 g/mol. The summed E-state index contributed by atoms with van der Waals surface area (Å²) in [4.78, 5) is 76.0. The number of fused-ring (bicyclic) bond motifs is 1. The molecule has 17 heteroatoms. The summed E-state index contributed by atoms with van der Waals surface area (Å²) in [6, 6.07) is 15.2. The van der Waals surface area contributed by atoms with Crippen molar-refractivity contribution >= 4 is 51.8 Å². The summed E-state index contributed by atoms with van der Waals surface area (Å²) in [5.41, 5.74) is 1.63. The summed E-state index contributed by atoms with van der Waals surface area (Å²) >= 11 is 6.25. The van der Waals surface area contributed by atoms with Crippen LogP contribution in [0.1, 0.15) is 107 Å². The minimum absolute atomic E-state index is 0.0295. The van der Waals surface area contributed by atoms with Crippen molar-refractivity contribution < 1.29 is 23.9 Å². The Kier molecular flexibility index (Phi) is 13.5. The Morgan fingerprint density at radius 3 is 2.30 bits per heavy atom. The molecule has 4 aromatic rings. The zero-order chi connectivity index (χ0) is 48.6. The number of hydrogen-bond donors (Lipinski definition) is 2. The van der Waals surface area contributed by atoms with E-state index in [-0.39, 0.29) is 65.4 Å². The van der Waals surface area contributed by atoms with Crippen molar-refractivity contribution in [1.29, 1.82) is 5.26 Å². The number of piperidine rings is 4. The van der Waals surface area contributed by atoms with Gasteiger partial charge in [0.2, 0.25) is 11.8 Å². The number of carbonyl (C=O) groups excluding carboxylic acids is 4. The molecule has 4 aliphatic heterocycles. The number of carbonyl (C=O) groups is 4. The van der Waals surface area contributed by atoms with Gasteiger partial charge in [-0.2, -0.15) is 9.94 Å². The van der Waals surface area contributed by atoms with E-state index in [1.165, 1.54) is 0 Å². The molecule has 69 heavy (non-hydrogen) atoms. The highest BCUT2D eigenvalue weighted by Crippen LogP contribution is 2.55. The smallest absolute Gasteiger partial charge is 0.278 e. The standard InChI is InChI=1S/C52H59ClN10O6/c1-51(2)49(52(3,4)50(51)69-39-11-7-35(29-54)41(53)28-39)57-45(65)36-6-9-37(55-30-36)8-5-32-15-21-60(22-16-32)31-33-17-23-62(24-18-33)47(67)34-19-25-61(26-20-34)38-10-12-42-40(27-38)48(68)63(59-58-42)43-13-14-44(64)56-46(43)66/h6-7,9-12,27-28,30,32-34,43,49-50H,13-26,31H2,1-4H3,(H,57,65)(H,56,64,66)/t43?,49-,50-. The van der Waals surface area contributed by atoms with Crippen LogP contribution in [0.15, 0.2) is 59.5 Å². The molecular formula is C52H59ClN10O6. The summed E-state index contributed by atoms with van der Waals surface area (Å²) in [6.45, 7) is 14.3. The number of hydrogen-bond acceptors (Lipinski definition) is 12. The molecule has 6 heterocycles. The molecule has 5 aliphatic rings. The summed E-state index contributed by atoms with van der Waals surface area (Å²) in [7, 11) is 0. The highest BCUT2D eigenvalue weighted by atomic mass is 35.5. The average molecular weight is 956 g/mol. The first-order valence-corrected chi connectivity index (χ1v) is 24.6. The van der Waals surface area contributed by atoms with Gasteiger partial charge in [0.25, 0.3) is 17.4 Å². The highest BCUT2D eigenvalue weighted by molar-refractivity contribution is 6.31. The Morgan fingerprint density at radius 2 is 1.64 bits per heavy atom. The van der Waals surface area contributed by atoms with Crippen molar-refractivity contribution in [3.05, 3.63) is 86.9 Å². The van der Waals surface area contributed by atoms with Gasteiger partial charge in [0.15, 0.2) is 0 Å². The molecule has 16 nitrogen and oxygen atoms in total. The second-order valence-corrected chi connectivity index (χ2v) is 21.0. The van der Waals surface area contributed by atoms with Crippen LogP contribution in [0.4, 0.5) is 5.69 Å². The molecule has 1 aliphatic carbocycles. The van der Waals surface area contributed by atoms with Crippen LogP contribution in [0.2, 0.25) is 5.02 Å². The summed E-state index contributed by atoms with van der Waals surface area (Å²) < 4.78 is 7.45. The number of ether oxygens (including phenoxy) is 1. The molecule has 0 bridgehead atoms. The molecule has 4 amide bonds. The lowest BCUT2D eigenvalue weighted by Gasteiger charge is -2.63. The maximum absolute atomic E-state index is 13.7. The minimum atomic E-state index is -0.880. The van der Waals surface area contributed by atoms with E-state index in [2.05, 4.69) is 86.2 Å². The third-order valence-electron chi connectivity index (χ3n) is 15.3. The summed E-state index contributed by atoms with van der Waals surface area (Å²) in [5.74, 6) is 7.23. The van der Waals surface area contributed by atoms with Crippen LogP contribution in [-0.4, -0.2) is 111 Å². The van der Waals surface area contributed by atoms with Crippen molar-refractivity contribution in [1.82, 2.24) is 40.4 Å². The number of amides is 4. The number of nitrogens with one attached hydrogen (secondary N) is 2. The van der Waals surface area contributed by atoms with Crippen LogP contribution in [0, 0.1) is 51.8 Å². The predicted molar refractivity (Wildman–Crippen MR) is 259 cm³/mol. The number of rotatable bonds is 9. The first kappa shape index (κ1) is 47.7. The molecule has 1 unspecified atom stereocenters. The second-order valence-electron chi connectivity index (χ2n) is 20.6. The second kappa shape index (κ2) is 19.6. The number of anilines is 1. The van der Waals surface area contributed by atoms with E-state index < -0.39 is 17.5 Å². The Hall–Kier alpha value is -6.36. The molecule has 1 atom stereocenters. The Balaban J connectivity index is 0.687. The van der Waals surface area contributed by atoms with Gasteiger partial charge in [-0.05, 0) is 112 Å². The van der Waals surface area contributed by atoms with Gasteiger partial charge in [-0.3, -0.25) is 29.3 Å². The van der Waals surface area contributed by atoms with Crippen molar-refractivity contribution in [2.75, 3.05) is 50.7 Å². The molecule has 360 valence electrons. The quantitative estimate of drug-likeness (QED) is 0.158. The van der Waals surface area contributed by atoms with E-state index >= 15 is 0 Å². The van der Waals surface area contributed by atoms with Crippen LogP contribution in [0.25, 0.3) is 10.9 Å². The maximum atomic E-state index is 13.7. The predicted octanol–water partition coefficient (Wildman–Crippen LogP) is 5.52. The largest absolute Gasteiger partial charge is 0.489 e. The van der Waals surface area contributed by atoms with Gasteiger partial charge in [-0.15, -0.1) is 5.10 Å². The minimum Gasteiger partial charge on any atom is -0.489 e. The maximum Gasteiger partial charge on any atom is 0.278 e. The number of pyridine rings is 1. The first-order chi connectivity index (χ1) is 33.1. The number of nitriles is 1. The highest BCUT2D eigenvalue weighted by Gasteiger charge is 2.64. The fourth-order valence-electron chi connectivity index (χ4n) is 11.6. The van der Waals surface area contributed by atoms with Gasteiger partial charge in [0.05, 0.1) is 21.5 Å². The normalized spacial score (nSPS) is 23.3. The van der Waals surface area contributed by atoms with Gasteiger partial charge in [0.1, 0.15) is 35.2 Å². The SMILES string of the molecule is CC1(C)[C@H](NC(=O)c2ccc(C#CC3CCN(CC4CCN(C(=O)C5CCN(c6ccc7nnn(C8CCC(=O)NC8=O)c(=O)c7c6)CC5)CC4)CC3)nc2)C(C)(C)[C@H]1Oc1ccc(C#N)c(Cl)c1. The van der Waals surface area contributed by atoms with Crippen LogP contribution in [0.5, 0.6) is 5.75 Å². The van der Waals surface area contributed by atoms with E-state index in [0.717, 1.165) is 81.6 Å². The lowest BCUT2D eigenvalue weighted by molar-refractivity contribution is -0.164. The summed E-state index contributed by atoms with van der Waals surface area (Å²) in [6.07, 6.45) is 7.18. The topological polar surface area (TPSA) is 196 Å². The Labute approximate surface area is 407 Å². The third-order valence-corrected chi connectivity index (χ3v) is 15.6. The summed E-state index contributed by atoms with van der Waals surface area (Å²) in [5, 5.41) is 23.6. The fourth-order valence-corrected chi connectivity index (χ4v) is 11.8. The number of nitrogens with zero attached hydrogens (tertiary/aromatic N) is 8. The van der Waals surface area contributed by atoms with Crippen molar-refractivity contribution in [2.45, 2.75) is 97.2 Å². The molecule has 2 aromatic heterocycles. The van der Waals surface area contributed by atoms with E-state index in [1.54, 1.807) is 42.6 Å². The molecule has 0 spiro atoms. The van der Waals surface area contributed by atoms with E-state index in [1.807, 2.05) is 12.1 Å². The molecule has 5 fully saturated rings. The van der Waals surface area contributed by atoms with Crippen LogP contribution in [-0.2, 0) is 14.4 Å². The third kappa shape index (κ3) is 9.92. The molecule has 1 saturated carbocycles. The molecule has 0 radical (unpaired) electrons. The zero-order valence-electron chi connectivity index (χ0n) is 39.7. The van der Waals surface area contributed by atoms with E-state index in [0.29, 0.717) is 57.5 Å². The number of aromatic nitrogens is 4. The number of halogens is 1. The van der Waals surface area contributed by atoms with Crippen molar-refractivity contribution in [2.24, 2.45) is 28.6 Å². The Bertz CT molecular complexity index is 2790. The van der Waals surface area contributed by atoms with Gasteiger partial charge in [0, 0.05) is 85.8 Å². The molecule has 4 saturated heterocycles. The molecule has 2 aromatic carbocycles.